The number of carbonyl (C=O) groups is 2. The van der Waals surface area contributed by atoms with E-state index in [0.717, 1.165) is 23.7 Å². The molecular formula is C18H23N5O2S. The molecule has 1 fully saturated rings. The van der Waals surface area contributed by atoms with Gasteiger partial charge < -0.3 is 10.6 Å². The lowest BCUT2D eigenvalue weighted by Gasteiger charge is -2.33. The van der Waals surface area contributed by atoms with Crippen molar-refractivity contribution < 1.29 is 9.59 Å². The molecule has 0 spiro atoms. The minimum Gasteiger partial charge on any atom is -0.353 e. The maximum absolute atomic E-state index is 12.3. The first kappa shape index (κ1) is 18.5. The summed E-state index contributed by atoms with van der Waals surface area (Å²) in [5.74, 6) is -0.311. The number of piperazine rings is 1. The Morgan fingerprint density at radius 1 is 1.42 bits per heavy atom. The Bertz CT molecular complexity index is 791. The average Bonchev–Trinajstić information content (AvgIpc) is 3.03. The molecule has 2 aromatic rings. The Kier molecular flexibility index (Phi) is 5.95. The van der Waals surface area contributed by atoms with E-state index in [9.17, 15) is 9.59 Å². The monoisotopic (exact) mass is 373 g/mol. The van der Waals surface area contributed by atoms with Gasteiger partial charge in [0.1, 0.15) is 5.01 Å². The summed E-state index contributed by atoms with van der Waals surface area (Å²) in [4.78, 5) is 26.4. The Hall–Kier alpha value is -2.32. The van der Waals surface area contributed by atoms with E-state index in [1.807, 2.05) is 24.0 Å². The number of amides is 2. The zero-order valence-corrected chi connectivity index (χ0v) is 15.8. The van der Waals surface area contributed by atoms with Gasteiger partial charge in [-0.2, -0.15) is 0 Å². The van der Waals surface area contributed by atoms with E-state index in [0.29, 0.717) is 18.1 Å². The third-order valence-electron chi connectivity index (χ3n) is 4.38. The highest BCUT2D eigenvalue weighted by Gasteiger charge is 2.30. The van der Waals surface area contributed by atoms with E-state index in [1.165, 1.54) is 16.9 Å². The molecule has 1 unspecified atom stereocenters. The normalized spacial score (nSPS) is 17.8. The summed E-state index contributed by atoms with van der Waals surface area (Å²) in [6.07, 6.45) is 0.802. The Morgan fingerprint density at radius 3 is 3.04 bits per heavy atom. The lowest BCUT2D eigenvalue weighted by molar-refractivity contribution is -0.132. The van der Waals surface area contributed by atoms with Crippen LogP contribution in [0, 0.1) is 6.92 Å². The van der Waals surface area contributed by atoms with Crippen LogP contribution in [0.2, 0.25) is 0 Å². The van der Waals surface area contributed by atoms with Gasteiger partial charge in [0.25, 0.3) is 0 Å². The average molecular weight is 373 g/mol. The van der Waals surface area contributed by atoms with Crippen molar-refractivity contribution in [3.05, 3.63) is 40.4 Å². The van der Waals surface area contributed by atoms with Gasteiger partial charge in [-0.1, -0.05) is 48.1 Å². The van der Waals surface area contributed by atoms with Crippen LogP contribution in [0.15, 0.2) is 24.3 Å². The smallest absolute Gasteiger partial charge is 0.237 e. The zero-order valence-electron chi connectivity index (χ0n) is 15.0. The summed E-state index contributed by atoms with van der Waals surface area (Å²) < 4.78 is 0. The van der Waals surface area contributed by atoms with Gasteiger partial charge in [0.2, 0.25) is 16.9 Å². The van der Waals surface area contributed by atoms with Crippen LogP contribution in [0.25, 0.3) is 0 Å². The lowest BCUT2D eigenvalue weighted by atomic mass is 10.1. The first-order chi connectivity index (χ1) is 12.5. The summed E-state index contributed by atoms with van der Waals surface area (Å²) >= 11 is 1.36. The molecule has 138 valence electrons. The Labute approximate surface area is 156 Å². The number of rotatable bonds is 6. The molecule has 7 nitrogen and oxygen atoms in total. The SMILES string of the molecule is CCN1CCNC(=O)C1CC(=O)Nc1nnc(Cc2cccc(C)c2)s1. The fourth-order valence-electron chi connectivity index (χ4n) is 3.08. The van der Waals surface area contributed by atoms with Gasteiger partial charge in [-0.3, -0.25) is 14.5 Å². The minimum atomic E-state index is -0.423. The molecule has 1 atom stereocenters. The van der Waals surface area contributed by atoms with Crippen molar-refractivity contribution in [1.29, 1.82) is 0 Å². The van der Waals surface area contributed by atoms with Crippen LogP contribution in [-0.4, -0.2) is 52.6 Å². The van der Waals surface area contributed by atoms with Crippen molar-refractivity contribution in [3.8, 4) is 0 Å². The topological polar surface area (TPSA) is 87.2 Å². The summed E-state index contributed by atoms with van der Waals surface area (Å²) in [6, 6.07) is 7.81. The molecule has 8 heteroatoms. The summed E-state index contributed by atoms with van der Waals surface area (Å²) in [6.45, 7) is 6.18. The third kappa shape index (κ3) is 4.64. The first-order valence-electron chi connectivity index (χ1n) is 8.74. The van der Waals surface area contributed by atoms with Crippen LogP contribution in [-0.2, 0) is 16.0 Å². The van der Waals surface area contributed by atoms with Gasteiger partial charge in [-0.25, -0.2) is 0 Å². The molecule has 1 aromatic carbocycles. The standard InChI is InChI=1S/C18H23N5O2S/c1-3-23-8-7-19-17(25)14(23)11-15(24)20-18-22-21-16(26-18)10-13-6-4-5-12(2)9-13/h4-6,9,14H,3,7-8,10-11H2,1-2H3,(H,19,25)(H,20,22,24). The predicted octanol–water partition coefficient (Wildman–Crippen LogP) is 1.59. The molecule has 1 aromatic heterocycles. The predicted molar refractivity (Wildman–Crippen MR) is 101 cm³/mol. The van der Waals surface area contributed by atoms with Gasteiger partial charge in [0, 0.05) is 19.5 Å². The second kappa shape index (κ2) is 8.37. The van der Waals surface area contributed by atoms with Crippen LogP contribution in [0.4, 0.5) is 5.13 Å². The van der Waals surface area contributed by atoms with Crippen LogP contribution < -0.4 is 10.6 Å². The molecule has 2 amide bonds. The Morgan fingerprint density at radius 2 is 2.27 bits per heavy atom. The molecule has 0 radical (unpaired) electrons. The van der Waals surface area contributed by atoms with E-state index in [4.69, 9.17) is 0 Å². The fourth-order valence-corrected chi connectivity index (χ4v) is 3.87. The van der Waals surface area contributed by atoms with Crippen molar-refractivity contribution >= 4 is 28.3 Å². The van der Waals surface area contributed by atoms with Crippen molar-refractivity contribution in [2.24, 2.45) is 0 Å². The molecule has 2 N–H and O–H groups in total. The second-order valence-corrected chi connectivity index (χ2v) is 7.42. The van der Waals surface area contributed by atoms with Gasteiger partial charge in [-0.05, 0) is 19.0 Å². The van der Waals surface area contributed by atoms with E-state index < -0.39 is 6.04 Å². The fraction of sp³-hybridized carbons (Fsp3) is 0.444. The highest BCUT2D eigenvalue weighted by atomic mass is 32.1. The van der Waals surface area contributed by atoms with Crippen LogP contribution >= 0.6 is 11.3 Å². The van der Waals surface area contributed by atoms with E-state index in [2.05, 4.69) is 39.9 Å². The van der Waals surface area contributed by atoms with Gasteiger partial charge in [0.05, 0.1) is 12.5 Å². The molecule has 1 aliphatic heterocycles. The van der Waals surface area contributed by atoms with Gasteiger partial charge in [0.15, 0.2) is 0 Å². The van der Waals surface area contributed by atoms with E-state index in [1.54, 1.807) is 0 Å². The summed E-state index contributed by atoms with van der Waals surface area (Å²) in [5, 5.41) is 15.1. The van der Waals surface area contributed by atoms with Crippen LogP contribution in [0.5, 0.6) is 0 Å². The number of anilines is 1. The number of nitrogens with one attached hydrogen (secondary N) is 2. The number of hydrogen-bond acceptors (Lipinski definition) is 6. The zero-order chi connectivity index (χ0) is 18.5. The molecule has 26 heavy (non-hydrogen) atoms. The highest BCUT2D eigenvalue weighted by molar-refractivity contribution is 7.15. The first-order valence-corrected chi connectivity index (χ1v) is 9.56. The summed E-state index contributed by atoms with van der Waals surface area (Å²) in [5.41, 5.74) is 2.36. The van der Waals surface area contributed by atoms with E-state index >= 15 is 0 Å². The van der Waals surface area contributed by atoms with Crippen LogP contribution in [0.1, 0.15) is 29.5 Å². The third-order valence-corrected chi connectivity index (χ3v) is 5.22. The molecule has 2 heterocycles. The molecule has 1 aliphatic rings. The summed E-state index contributed by atoms with van der Waals surface area (Å²) in [7, 11) is 0. The largest absolute Gasteiger partial charge is 0.353 e. The second-order valence-electron chi connectivity index (χ2n) is 6.35. The van der Waals surface area contributed by atoms with Crippen LogP contribution in [0.3, 0.4) is 0 Å². The number of aromatic nitrogens is 2. The number of nitrogens with zero attached hydrogens (tertiary/aromatic N) is 3. The lowest BCUT2D eigenvalue weighted by Crippen LogP contribution is -2.56. The molecule has 0 bridgehead atoms. The van der Waals surface area contributed by atoms with Crippen molar-refractivity contribution in [1.82, 2.24) is 20.4 Å². The number of carbonyl (C=O) groups excluding carboxylic acids is 2. The number of hydrogen-bond donors (Lipinski definition) is 2. The van der Waals surface area contributed by atoms with E-state index in [-0.39, 0.29) is 18.2 Å². The molecule has 3 rings (SSSR count). The van der Waals surface area contributed by atoms with Crippen molar-refractivity contribution in [3.63, 3.8) is 0 Å². The molecule has 0 saturated carbocycles. The number of aryl methyl sites for hydroxylation is 1. The molecule has 1 saturated heterocycles. The molecule has 0 aliphatic carbocycles. The molecular weight excluding hydrogens is 350 g/mol. The number of likely N-dealkylation sites (N-methyl/N-ethyl adjacent to an activating group) is 1. The minimum absolute atomic E-state index is 0.0920. The number of benzene rings is 1. The van der Waals surface area contributed by atoms with Gasteiger partial charge >= 0.3 is 0 Å². The Balaban J connectivity index is 1.58. The van der Waals surface area contributed by atoms with Crippen molar-refractivity contribution in [2.45, 2.75) is 32.7 Å². The van der Waals surface area contributed by atoms with Crippen molar-refractivity contribution in [2.75, 3.05) is 25.0 Å². The quantitative estimate of drug-likeness (QED) is 0.803. The maximum atomic E-state index is 12.3. The highest BCUT2D eigenvalue weighted by Crippen LogP contribution is 2.20. The maximum Gasteiger partial charge on any atom is 0.237 e. The van der Waals surface area contributed by atoms with Gasteiger partial charge in [-0.15, -0.1) is 10.2 Å².